The fourth-order valence-electron chi connectivity index (χ4n) is 1.52. The van der Waals surface area contributed by atoms with Gasteiger partial charge in [0.2, 0.25) is 0 Å². The first-order chi connectivity index (χ1) is 7.16. The Labute approximate surface area is 93.4 Å². The minimum absolute atomic E-state index is 0.259. The van der Waals surface area contributed by atoms with Crippen molar-refractivity contribution >= 4 is 5.97 Å². The van der Waals surface area contributed by atoms with Crippen LogP contribution in [0.2, 0.25) is 0 Å². The van der Waals surface area contributed by atoms with Gasteiger partial charge in [0.15, 0.2) is 0 Å². The predicted molar refractivity (Wildman–Crippen MR) is 63.9 cm³/mol. The minimum atomic E-state index is -0.696. The first kappa shape index (κ1) is 14.2. The van der Waals surface area contributed by atoms with Gasteiger partial charge in [0.25, 0.3) is 0 Å². The van der Waals surface area contributed by atoms with Gasteiger partial charge in [-0.15, -0.1) is 0 Å². The standard InChI is InChI=1S/C13H24O2/c1-3-4-5-6-7-8-9-10-12(2)11-13(14)15/h8-9,12H,3-7,10-11H2,1-2H3,(H,14,15). The molecule has 0 aliphatic carbocycles. The summed E-state index contributed by atoms with van der Waals surface area (Å²) in [6, 6.07) is 0. The number of carboxylic acid groups (broad SMARTS) is 1. The number of carbonyl (C=O) groups is 1. The van der Waals surface area contributed by atoms with E-state index in [2.05, 4.69) is 19.1 Å². The van der Waals surface area contributed by atoms with Crippen LogP contribution in [-0.4, -0.2) is 11.1 Å². The van der Waals surface area contributed by atoms with Crippen LogP contribution in [0.4, 0.5) is 0 Å². The molecule has 1 unspecified atom stereocenters. The summed E-state index contributed by atoms with van der Waals surface area (Å²) >= 11 is 0. The summed E-state index contributed by atoms with van der Waals surface area (Å²) in [5, 5.41) is 8.56. The van der Waals surface area contributed by atoms with E-state index in [1.165, 1.54) is 25.7 Å². The van der Waals surface area contributed by atoms with Crippen LogP contribution in [0.25, 0.3) is 0 Å². The maximum Gasteiger partial charge on any atom is 0.303 e. The van der Waals surface area contributed by atoms with Gasteiger partial charge in [-0.3, -0.25) is 4.79 Å². The first-order valence-corrected chi connectivity index (χ1v) is 6.03. The number of rotatable bonds is 9. The van der Waals surface area contributed by atoms with Gasteiger partial charge in [-0.25, -0.2) is 0 Å². The van der Waals surface area contributed by atoms with Crippen molar-refractivity contribution in [3.8, 4) is 0 Å². The normalized spacial score (nSPS) is 13.2. The largest absolute Gasteiger partial charge is 0.481 e. The molecule has 0 saturated heterocycles. The Hall–Kier alpha value is -0.790. The van der Waals surface area contributed by atoms with E-state index in [0.29, 0.717) is 0 Å². The van der Waals surface area contributed by atoms with E-state index in [4.69, 9.17) is 5.11 Å². The van der Waals surface area contributed by atoms with E-state index in [1.807, 2.05) is 6.92 Å². The minimum Gasteiger partial charge on any atom is -0.481 e. The number of allylic oxidation sites excluding steroid dienone is 2. The van der Waals surface area contributed by atoms with Crippen molar-refractivity contribution < 1.29 is 9.90 Å². The molecule has 0 aromatic carbocycles. The van der Waals surface area contributed by atoms with Gasteiger partial charge in [0.05, 0.1) is 0 Å². The van der Waals surface area contributed by atoms with Crippen LogP contribution in [0.3, 0.4) is 0 Å². The molecule has 0 aliphatic rings. The SMILES string of the molecule is CCCCCCC=CCC(C)CC(=O)O. The second-order valence-electron chi connectivity index (χ2n) is 4.26. The lowest BCUT2D eigenvalue weighted by Crippen LogP contribution is -2.02. The molecule has 2 heteroatoms. The molecule has 1 atom stereocenters. The van der Waals surface area contributed by atoms with E-state index < -0.39 is 5.97 Å². The van der Waals surface area contributed by atoms with Gasteiger partial charge in [0.1, 0.15) is 0 Å². The molecule has 88 valence electrons. The lowest BCUT2D eigenvalue weighted by Gasteiger charge is -2.03. The zero-order valence-corrected chi connectivity index (χ0v) is 10.0. The highest BCUT2D eigenvalue weighted by Gasteiger charge is 2.04. The van der Waals surface area contributed by atoms with Crippen molar-refractivity contribution in [2.24, 2.45) is 5.92 Å². The lowest BCUT2D eigenvalue weighted by atomic mass is 10.0. The molecule has 0 fully saturated rings. The van der Waals surface area contributed by atoms with Gasteiger partial charge >= 0.3 is 5.97 Å². The molecule has 1 N–H and O–H groups in total. The summed E-state index contributed by atoms with van der Waals surface area (Å²) in [5.74, 6) is -0.437. The smallest absolute Gasteiger partial charge is 0.303 e. The van der Waals surface area contributed by atoms with Crippen molar-refractivity contribution in [3.63, 3.8) is 0 Å². The number of hydrogen-bond donors (Lipinski definition) is 1. The van der Waals surface area contributed by atoms with Gasteiger partial charge in [-0.2, -0.15) is 0 Å². The molecule has 0 aromatic heterocycles. The second kappa shape index (κ2) is 9.75. The highest BCUT2D eigenvalue weighted by Crippen LogP contribution is 2.09. The van der Waals surface area contributed by atoms with E-state index in [0.717, 1.165) is 12.8 Å². The Bertz CT molecular complexity index is 185. The van der Waals surface area contributed by atoms with Gasteiger partial charge in [0, 0.05) is 6.42 Å². The fourth-order valence-corrected chi connectivity index (χ4v) is 1.52. The number of carboxylic acids is 1. The molecule has 0 spiro atoms. The van der Waals surface area contributed by atoms with Gasteiger partial charge in [-0.05, 0) is 25.2 Å². The molecule has 0 amide bonds. The third-order valence-corrected chi connectivity index (χ3v) is 2.45. The van der Waals surface area contributed by atoms with Crippen LogP contribution < -0.4 is 0 Å². The van der Waals surface area contributed by atoms with Crippen LogP contribution in [0.15, 0.2) is 12.2 Å². The number of aliphatic carboxylic acids is 1. The maximum atomic E-state index is 10.4. The molecule has 0 radical (unpaired) electrons. The van der Waals surface area contributed by atoms with E-state index in [1.54, 1.807) is 0 Å². The number of unbranched alkanes of at least 4 members (excludes halogenated alkanes) is 4. The Kier molecular flexibility index (Phi) is 9.24. The molecule has 0 saturated carbocycles. The average Bonchev–Trinajstić information content (AvgIpc) is 2.15. The van der Waals surface area contributed by atoms with E-state index in [-0.39, 0.29) is 12.3 Å². The molecular weight excluding hydrogens is 188 g/mol. The van der Waals surface area contributed by atoms with Gasteiger partial charge < -0.3 is 5.11 Å². The molecule has 2 nitrogen and oxygen atoms in total. The molecule has 0 aromatic rings. The quantitative estimate of drug-likeness (QED) is 0.463. The van der Waals surface area contributed by atoms with Crippen molar-refractivity contribution in [2.75, 3.05) is 0 Å². The Balaban J connectivity index is 3.33. The van der Waals surface area contributed by atoms with Crippen LogP contribution in [-0.2, 0) is 4.79 Å². The Morgan fingerprint density at radius 3 is 2.60 bits per heavy atom. The summed E-state index contributed by atoms with van der Waals surface area (Å²) in [6.45, 7) is 4.19. The van der Waals surface area contributed by atoms with Crippen LogP contribution in [0.5, 0.6) is 0 Å². The summed E-state index contributed by atoms with van der Waals surface area (Å²) in [5.41, 5.74) is 0. The topological polar surface area (TPSA) is 37.3 Å². The predicted octanol–water partition coefficient (Wildman–Crippen LogP) is 4.01. The second-order valence-corrected chi connectivity index (χ2v) is 4.26. The van der Waals surface area contributed by atoms with Gasteiger partial charge in [-0.1, -0.05) is 45.3 Å². The highest BCUT2D eigenvalue weighted by atomic mass is 16.4. The summed E-state index contributed by atoms with van der Waals surface area (Å²) in [4.78, 5) is 10.4. The molecule has 0 rings (SSSR count). The highest BCUT2D eigenvalue weighted by molar-refractivity contribution is 5.66. The molecule has 0 aliphatic heterocycles. The van der Waals surface area contributed by atoms with Crippen LogP contribution in [0.1, 0.15) is 58.8 Å². The number of hydrogen-bond acceptors (Lipinski definition) is 1. The van der Waals surface area contributed by atoms with Crippen LogP contribution in [0, 0.1) is 5.92 Å². The van der Waals surface area contributed by atoms with Crippen molar-refractivity contribution in [2.45, 2.75) is 58.8 Å². The molecule has 0 heterocycles. The Morgan fingerprint density at radius 2 is 2.00 bits per heavy atom. The first-order valence-electron chi connectivity index (χ1n) is 6.03. The zero-order chi connectivity index (χ0) is 11.5. The lowest BCUT2D eigenvalue weighted by molar-refractivity contribution is -0.137. The van der Waals surface area contributed by atoms with E-state index in [9.17, 15) is 4.79 Å². The average molecular weight is 212 g/mol. The third-order valence-electron chi connectivity index (χ3n) is 2.45. The fraction of sp³-hybridized carbons (Fsp3) is 0.769. The molecular formula is C13H24O2. The monoisotopic (exact) mass is 212 g/mol. The summed E-state index contributed by atoms with van der Waals surface area (Å²) in [7, 11) is 0. The summed E-state index contributed by atoms with van der Waals surface area (Å²) in [6.07, 6.45) is 11.8. The zero-order valence-electron chi connectivity index (χ0n) is 10.0. The maximum absolute atomic E-state index is 10.4. The molecule has 0 bridgehead atoms. The van der Waals surface area contributed by atoms with Crippen LogP contribution >= 0.6 is 0 Å². The van der Waals surface area contributed by atoms with Crippen molar-refractivity contribution in [3.05, 3.63) is 12.2 Å². The van der Waals surface area contributed by atoms with Crippen molar-refractivity contribution in [1.29, 1.82) is 0 Å². The third kappa shape index (κ3) is 11.1. The summed E-state index contributed by atoms with van der Waals surface area (Å²) < 4.78 is 0. The van der Waals surface area contributed by atoms with E-state index >= 15 is 0 Å². The molecule has 15 heavy (non-hydrogen) atoms. The Morgan fingerprint density at radius 1 is 1.27 bits per heavy atom. The van der Waals surface area contributed by atoms with Crippen molar-refractivity contribution in [1.82, 2.24) is 0 Å².